The molecule has 0 aliphatic carbocycles. The van der Waals surface area contributed by atoms with Crippen LogP contribution in [0.15, 0.2) is 0 Å². The number of rotatable bonds is 5. The van der Waals surface area contributed by atoms with Crippen LogP contribution in [-0.2, 0) is 42.9 Å². The summed E-state index contributed by atoms with van der Waals surface area (Å²) in [6, 6.07) is 0. The van der Waals surface area contributed by atoms with Crippen LogP contribution in [0.1, 0.15) is 33.1 Å². The van der Waals surface area contributed by atoms with Crippen LogP contribution in [0.2, 0.25) is 0 Å². The number of esters is 4. The van der Waals surface area contributed by atoms with Gasteiger partial charge in [0.25, 0.3) is 0 Å². The molecule has 1 fully saturated rings. The third-order valence-corrected chi connectivity index (χ3v) is 3.24. The molecule has 0 radical (unpaired) electrons. The van der Waals surface area contributed by atoms with Gasteiger partial charge in [-0.1, -0.05) is 0 Å². The number of hydrogen-bond donors (Lipinski definition) is 1. The smallest absolute Gasteiger partial charge is 0.303 e. The Hall–Kier alpha value is -1.81. The normalized spacial score (nSPS) is 31.5. The van der Waals surface area contributed by atoms with Crippen molar-refractivity contribution in [1.29, 1.82) is 0 Å². The lowest BCUT2D eigenvalue weighted by Crippen LogP contribution is -2.61. The molecule has 0 N–H and O–H groups in total. The third-order valence-electron chi connectivity index (χ3n) is 2.82. The van der Waals surface area contributed by atoms with E-state index in [-0.39, 0.29) is 0 Å². The maximum atomic E-state index is 11.7. The SMILES string of the molecule is [2H]CC(=O)OC[C@H]1OC(S)[C@H](OC(=O)C[2H])[C@@H](OC(=O)C[2H])[C@@H]1OC(=O)C[2H]. The Morgan fingerprint density at radius 2 is 1.38 bits per heavy atom. The quantitative estimate of drug-likeness (QED) is 0.407. The highest BCUT2D eigenvalue weighted by atomic mass is 32.1. The van der Waals surface area contributed by atoms with E-state index in [0.717, 1.165) is 0 Å². The fourth-order valence-electron chi connectivity index (χ4n) is 2.06. The first-order chi connectivity index (χ1) is 13.3. The molecule has 0 bridgehead atoms. The van der Waals surface area contributed by atoms with Crippen LogP contribution < -0.4 is 0 Å². The van der Waals surface area contributed by atoms with Crippen molar-refractivity contribution in [3.05, 3.63) is 0 Å². The summed E-state index contributed by atoms with van der Waals surface area (Å²) in [4.78, 5) is 46.1. The van der Waals surface area contributed by atoms with Gasteiger partial charge in [-0.3, -0.25) is 19.2 Å². The lowest BCUT2D eigenvalue weighted by Gasteiger charge is -2.42. The van der Waals surface area contributed by atoms with Crippen molar-refractivity contribution in [1.82, 2.24) is 0 Å². The summed E-state index contributed by atoms with van der Waals surface area (Å²) in [6.07, 6.45) is -5.56. The average molecular weight is 368 g/mol. The molecule has 1 rings (SSSR count). The van der Waals surface area contributed by atoms with Crippen molar-refractivity contribution in [2.45, 2.75) is 57.5 Å². The summed E-state index contributed by atoms with van der Waals surface area (Å²) in [7, 11) is 0. The first-order valence-electron chi connectivity index (χ1n) is 9.34. The molecule has 10 heteroatoms. The van der Waals surface area contributed by atoms with Crippen molar-refractivity contribution in [3.8, 4) is 0 Å². The van der Waals surface area contributed by atoms with Gasteiger partial charge >= 0.3 is 23.9 Å². The van der Waals surface area contributed by atoms with E-state index in [1.807, 2.05) is 0 Å². The van der Waals surface area contributed by atoms with E-state index in [0.29, 0.717) is 0 Å². The van der Waals surface area contributed by atoms with E-state index in [4.69, 9.17) is 29.2 Å². The molecule has 1 aliphatic heterocycles. The molecule has 0 amide bonds. The van der Waals surface area contributed by atoms with Gasteiger partial charge in [0.15, 0.2) is 18.3 Å². The predicted octanol–water partition coefficient (Wildman–Crippen LogP) is -0.000700. The highest BCUT2D eigenvalue weighted by Gasteiger charge is 2.51. The van der Waals surface area contributed by atoms with Gasteiger partial charge in [0.1, 0.15) is 18.1 Å². The molecular weight excluding hydrogens is 344 g/mol. The minimum absolute atomic E-state index is 0.501. The number of thiol groups is 1. The average Bonchev–Trinajstić information content (AvgIpc) is 2.69. The largest absolute Gasteiger partial charge is 0.463 e. The highest BCUT2D eigenvalue weighted by molar-refractivity contribution is 7.80. The Labute approximate surface area is 149 Å². The minimum Gasteiger partial charge on any atom is -0.463 e. The fraction of sp³-hybridized carbons (Fsp3) is 0.714. The molecule has 1 saturated heterocycles. The van der Waals surface area contributed by atoms with Crippen molar-refractivity contribution >= 4 is 36.5 Å². The Kier molecular flexibility index (Phi) is 5.37. The Morgan fingerprint density at radius 1 is 0.875 bits per heavy atom. The minimum atomic E-state index is -1.49. The number of ether oxygens (including phenoxy) is 5. The van der Waals surface area contributed by atoms with E-state index in [9.17, 15) is 19.2 Å². The van der Waals surface area contributed by atoms with Crippen LogP contribution in [0.4, 0.5) is 0 Å². The van der Waals surface area contributed by atoms with Gasteiger partial charge in [-0.25, -0.2) is 0 Å². The van der Waals surface area contributed by atoms with Crippen LogP contribution in [-0.4, -0.2) is 60.3 Å². The second-order valence-corrected chi connectivity index (χ2v) is 5.12. The van der Waals surface area contributed by atoms with E-state index < -0.39 is 87.9 Å². The second kappa shape index (κ2) is 8.88. The van der Waals surface area contributed by atoms with E-state index >= 15 is 0 Å². The molecule has 5 atom stereocenters. The molecule has 0 spiro atoms. The maximum absolute atomic E-state index is 11.7. The summed E-state index contributed by atoms with van der Waals surface area (Å²) in [5, 5.41) is 0. The lowest BCUT2D eigenvalue weighted by atomic mass is 9.99. The van der Waals surface area contributed by atoms with Crippen LogP contribution >= 0.6 is 12.6 Å². The fourth-order valence-corrected chi connectivity index (χ4v) is 2.45. The molecule has 1 unspecified atom stereocenters. The van der Waals surface area contributed by atoms with Gasteiger partial charge in [-0.2, -0.15) is 0 Å². The summed E-state index contributed by atoms with van der Waals surface area (Å²) in [5.41, 5.74) is -1.22. The number of carbonyl (C=O) groups excluding carboxylic acids is 4. The van der Waals surface area contributed by atoms with Crippen molar-refractivity contribution < 1.29 is 48.3 Å². The predicted molar refractivity (Wildman–Crippen MR) is 80.9 cm³/mol. The molecule has 9 nitrogen and oxygen atoms in total. The molecule has 24 heavy (non-hydrogen) atoms. The molecular formula is C14H20O9S. The Bertz CT molecular complexity index is 579. The lowest BCUT2D eigenvalue weighted by molar-refractivity contribution is -0.237. The zero-order valence-corrected chi connectivity index (χ0v) is 13.4. The van der Waals surface area contributed by atoms with Crippen molar-refractivity contribution in [2.75, 3.05) is 6.61 Å². The van der Waals surface area contributed by atoms with Gasteiger partial charge in [0, 0.05) is 33.1 Å². The van der Waals surface area contributed by atoms with E-state index in [1.165, 1.54) is 0 Å². The maximum Gasteiger partial charge on any atom is 0.303 e. The van der Waals surface area contributed by atoms with Gasteiger partial charge in [0.05, 0.1) is 0 Å². The molecule has 1 aliphatic rings. The molecule has 0 saturated carbocycles. The zero-order chi connectivity index (χ0) is 21.3. The highest BCUT2D eigenvalue weighted by Crippen LogP contribution is 2.30. The Morgan fingerprint density at radius 3 is 1.92 bits per heavy atom. The van der Waals surface area contributed by atoms with E-state index in [2.05, 4.69) is 12.6 Å². The first-order valence-corrected chi connectivity index (χ1v) is 7.03. The van der Waals surface area contributed by atoms with Gasteiger partial charge in [0.2, 0.25) is 0 Å². The van der Waals surface area contributed by atoms with Crippen LogP contribution in [0, 0.1) is 0 Å². The van der Waals surface area contributed by atoms with Crippen LogP contribution in [0.5, 0.6) is 0 Å². The van der Waals surface area contributed by atoms with Gasteiger partial charge in [-0.05, 0) is 0 Å². The number of hydrogen-bond acceptors (Lipinski definition) is 10. The van der Waals surface area contributed by atoms with Crippen molar-refractivity contribution in [2.24, 2.45) is 0 Å². The summed E-state index contributed by atoms with van der Waals surface area (Å²) >= 11 is 4.11. The standard InChI is InChI=1S/C14H20O9S/c1-6(15)19-5-10-11(20-7(2)16)12(21-8(3)17)13(14(24)23-10)22-9(4)18/h10-14,24H,5H2,1-4H3/t10-,11-,12+,13-,14?/m1/s1/i1D,2D,3D,4D. The topological polar surface area (TPSA) is 114 Å². The summed E-state index contributed by atoms with van der Waals surface area (Å²) < 4.78 is 53.6. The third kappa shape index (κ3) is 6.00. The first kappa shape index (κ1) is 14.5. The van der Waals surface area contributed by atoms with Crippen molar-refractivity contribution in [3.63, 3.8) is 0 Å². The molecule has 0 aromatic rings. The summed E-state index contributed by atoms with van der Waals surface area (Å²) in [5.74, 6) is -3.95. The van der Waals surface area contributed by atoms with E-state index in [1.54, 1.807) is 0 Å². The molecule has 0 aromatic heterocycles. The summed E-state index contributed by atoms with van der Waals surface area (Å²) in [6.45, 7) is -3.49. The second-order valence-electron chi connectivity index (χ2n) is 4.61. The zero-order valence-electron chi connectivity index (χ0n) is 16.5. The van der Waals surface area contributed by atoms with Gasteiger partial charge < -0.3 is 23.7 Å². The van der Waals surface area contributed by atoms with Crippen LogP contribution in [0.25, 0.3) is 0 Å². The van der Waals surface area contributed by atoms with Gasteiger partial charge in [-0.15, -0.1) is 12.6 Å². The Balaban J connectivity index is 3.17. The number of carbonyl (C=O) groups is 4. The monoisotopic (exact) mass is 368 g/mol. The van der Waals surface area contributed by atoms with Crippen LogP contribution in [0.3, 0.4) is 0 Å². The molecule has 1 heterocycles. The molecule has 136 valence electrons. The molecule has 0 aromatic carbocycles.